The molecule has 0 aliphatic carbocycles. The van der Waals surface area contributed by atoms with Gasteiger partial charge in [0, 0.05) is 0 Å². The number of carbonyl (C=O) groups excluding carboxylic acids is 1. The molecule has 0 aromatic rings. The monoisotopic (exact) mass is 255 g/mol. The van der Waals surface area contributed by atoms with Gasteiger partial charge >= 0.3 is 18.2 Å². The molecule has 17 heavy (non-hydrogen) atoms. The molecule has 0 aliphatic rings. The second kappa shape index (κ2) is 6.12. The second-order valence-electron chi connectivity index (χ2n) is 3.12. The van der Waals surface area contributed by atoms with Gasteiger partial charge in [0.25, 0.3) is 0 Å². The van der Waals surface area contributed by atoms with Gasteiger partial charge in [-0.05, 0) is 6.92 Å². The standard InChI is InChI=1S/C9H12F3NO4/c1-3-4-17-8(16)13(5-9(10,11)12)6(2)7(14)15/h3,6H,1,4-5H2,2H3,(H,14,15). The zero-order chi connectivity index (χ0) is 13.6. The molecule has 8 heteroatoms. The van der Waals surface area contributed by atoms with E-state index in [1.54, 1.807) is 0 Å². The number of hydrogen-bond acceptors (Lipinski definition) is 3. The number of hydrogen-bond donors (Lipinski definition) is 1. The van der Waals surface area contributed by atoms with Gasteiger partial charge in [-0.3, -0.25) is 4.90 Å². The molecule has 1 atom stereocenters. The fourth-order valence-corrected chi connectivity index (χ4v) is 0.899. The van der Waals surface area contributed by atoms with Crippen LogP contribution in [0.15, 0.2) is 12.7 Å². The van der Waals surface area contributed by atoms with Crippen molar-refractivity contribution in [3.63, 3.8) is 0 Å². The van der Waals surface area contributed by atoms with Crippen molar-refractivity contribution >= 4 is 12.1 Å². The minimum Gasteiger partial charge on any atom is -0.480 e. The summed E-state index contributed by atoms with van der Waals surface area (Å²) in [4.78, 5) is 21.9. The number of carboxylic acids is 1. The predicted molar refractivity (Wildman–Crippen MR) is 51.4 cm³/mol. The van der Waals surface area contributed by atoms with Crippen molar-refractivity contribution in [2.75, 3.05) is 13.2 Å². The Kier molecular flexibility index (Phi) is 5.49. The highest BCUT2D eigenvalue weighted by atomic mass is 19.4. The van der Waals surface area contributed by atoms with Crippen molar-refractivity contribution in [1.29, 1.82) is 0 Å². The van der Waals surface area contributed by atoms with Gasteiger partial charge in [0.05, 0.1) is 0 Å². The van der Waals surface area contributed by atoms with Crippen LogP contribution in [0.4, 0.5) is 18.0 Å². The third kappa shape index (κ3) is 5.79. The van der Waals surface area contributed by atoms with Gasteiger partial charge in [-0.1, -0.05) is 12.7 Å². The van der Waals surface area contributed by atoms with Gasteiger partial charge in [-0.2, -0.15) is 13.2 Å². The maximum atomic E-state index is 12.1. The highest BCUT2D eigenvalue weighted by molar-refractivity contribution is 5.79. The third-order valence-corrected chi connectivity index (χ3v) is 1.73. The van der Waals surface area contributed by atoms with Crippen LogP contribution in [-0.4, -0.2) is 47.4 Å². The Hall–Kier alpha value is -1.73. The molecule has 0 spiro atoms. The van der Waals surface area contributed by atoms with Crippen molar-refractivity contribution in [1.82, 2.24) is 4.90 Å². The van der Waals surface area contributed by atoms with E-state index in [4.69, 9.17) is 5.11 Å². The first-order chi connectivity index (χ1) is 7.69. The molecule has 1 unspecified atom stereocenters. The summed E-state index contributed by atoms with van der Waals surface area (Å²) in [5.74, 6) is -1.55. The Morgan fingerprint density at radius 1 is 1.53 bits per heavy atom. The summed E-state index contributed by atoms with van der Waals surface area (Å²) in [5, 5.41) is 8.59. The lowest BCUT2D eigenvalue weighted by Gasteiger charge is -2.26. The molecular weight excluding hydrogens is 243 g/mol. The summed E-state index contributed by atoms with van der Waals surface area (Å²) in [6, 6.07) is -1.63. The Morgan fingerprint density at radius 3 is 2.41 bits per heavy atom. The molecular formula is C9H12F3NO4. The largest absolute Gasteiger partial charge is 0.480 e. The number of amides is 1. The maximum absolute atomic E-state index is 12.1. The Morgan fingerprint density at radius 2 is 2.06 bits per heavy atom. The van der Waals surface area contributed by atoms with Gasteiger partial charge in [-0.15, -0.1) is 0 Å². The predicted octanol–water partition coefficient (Wildman–Crippen LogP) is 1.65. The number of aliphatic carboxylic acids is 1. The number of carbonyl (C=O) groups is 2. The molecule has 0 aromatic carbocycles. The average Bonchev–Trinajstić information content (AvgIpc) is 2.20. The lowest BCUT2D eigenvalue weighted by atomic mass is 10.3. The molecule has 0 radical (unpaired) electrons. The first-order valence-corrected chi connectivity index (χ1v) is 4.53. The van der Waals surface area contributed by atoms with E-state index >= 15 is 0 Å². The SMILES string of the molecule is C=CCOC(=O)N(CC(F)(F)F)C(C)C(=O)O. The zero-order valence-electron chi connectivity index (χ0n) is 9.03. The number of nitrogens with zero attached hydrogens (tertiary/aromatic N) is 1. The molecule has 0 bridgehead atoms. The Bertz CT molecular complexity index is 303. The number of halogens is 3. The highest BCUT2D eigenvalue weighted by Gasteiger charge is 2.38. The molecule has 0 aromatic heterocycles. The van der Waals surface area contributed by atoms with Crippen LogP contribution < -0.4 is 0 Å². The van der Waals surface area contributed by atoms with E-state index in [1.807, 2.05) is 0 Å². The summed E-state index contributed by atoms with van der Waals surface area (Å²) in [6.07, 6.45) is -4.89. The van der Waals surface area contributed by atoms with Crippen LogP contribution in [0.3, 0.4) is 0 Å². The number of ether oxygens (including phenoxy) is 1. The zero-order valence-corrected chi connectivity index (χ0v) is 9.03. The molecule has 0 rings (SSSR count). The van der Waals surface area contributed by atoms with Crippen molar-refractivity contribution in [3.8, 4) is 0 Å². The van der Waals surface area contributed by atoms with Crippen LogP contribution in [0.25, 0.3) is 0 Å². The second-order valence-corrected chi connectivity index (χ2v) is 3.12. The van der Waals surface area contributed by atoms with E-state index in [9.17, 15) is 22.8 Å². The molecule has 0 saturated carbocycles. The van der Waals surface area contributed by atoms with Crippen LogP contribution in [0, 0.1) is 0 Å². The molecule has 1 N–H and O–H groups in total. The molecule has 0 saturated heterocycles. The van der Waals surface area contributed by atoms with Crippen LogP contribution >= 0.6 is 0 Å². The van der Waals surface area contributed by atoms with Gasteiger partial charge in [0.2, 0.25) is 0 Å². The number of alkyl halides is 3. The van der Waals surface area contributed by atoms with Gasteiger partial charge in [0.15, 0.2) is 0 Å². The van der Waals surface area contributed by atoms with Crippen LogP contribution in [0.2, 0.25) is 0 Å². The van der Waals surface area contributed by atoms with Crippen molar-refractivity contribution in [2.45, 2.75) is 19.1 Å². The van der Waals surface area contributed by atoms with E-state index in [1.165, 1.54) is 0 Å². The Balaban J connectivity index is 4.78. The normalized spacial score (nSPS) is 12.7. The van der Waals surface area contributed by atoms with Crippen molar-refractivity contribution in [3.05, 3.63) is 12.7 Å². The molecule has 98 valence electrons. The first kappa shape index (κ1) is 15.3. The number of rotatable bonds is 5. The third-order valence-electron chi connectivity index (χ3n) is 1.73. The first-order valence-electron chi connectivity index (χ1n) is 4.53. The minimum absolute atomic E-state index is 0.0891. The van der Waals surface area contributed by atoms with E-state index in [0.29, 0.717) is 0 Å². The van der Waals surface area contributed by atoms with Crippen LogP contribution in [0.5, 0.6) is 0 Å². The van der Waals surface area contributed by atoms with Gasteiger partial charge in [-0.25, -0.2) is 9.59 Å². The molecule has 5 nitrogen and oxygen atoms in total. The average molecular weight is 255 g/mol. The van der Waals surface area contributed by atoms with Crippen LogP contribution in [0.1, 0.15) is 6.92 Å². The highest BCUT2D eigenvalue weighted by Crippen LogP contribution is 2.18. The minimum atomic E-state index is -4.70. The van der Waals surface area contributed by atoms with Gasteiger partial charge in [0.1, 0.15) is 19.2 Å². The van der Waals surface area contributed by atoms with E-state index in [0.717, 1.165) is 13.0 Å². The molecule has 1 amide bonds. The molecule has 0 heterocycles. The topological polar surface area (TPSA) is 66.8 Å². The summed E-state index contributed by atoms with van der Waals surface area (Å²) in [6.45, 7) is 2.20. The van der Waals surface area contributed by atoms with E-state index in [2.05, 4.69) is 11.3 Å². The molecule has 0 fully saturated rings. The fourth-order valence-electron chi connectivity index (χ4n) is 0.899. The van der Waals surface area contributed by atoms with E-state index in [-0.39, 0.29) is 11.5 Å². The van der Waals surface area contributed by atoms with Crippen molar-refractivity contribution < 1.29 is 32.6 Å². The summed E-state index contributed by atoms with van der Waals surface area (Å²) < 4.78 is 40.8. The maximum Gasteiger partial charge on any atom is 0.411 e. The quantitative estimate of drug-likeness (QED) is 0.758. The van der Waals surface area contributed by atoms with Crippen molar-refractivity contribution in [2.24, 2.45) is 0 Å². The fraction of sp³-hybridized carbons (Fsp3) is 0.556. The lowest BCUT2D eigenvalue weighted by molar-refractivity contribution is -0.157. The summed E-state index contributed by atoms with van der Waals surface area (Å²) in [5.41, 5.74) is 0. The molecule has 0 aliphatic heterocycles. The Labute approximate surface area is 95.5 Å². The lowest BCUT2D eigenvalue weighted by Crippen LogP contribution is -2.48. The summed E-state index contributed by atoms with van der Waals surface area (Å²) >= 11 is 0. The van der Waals surface area contributed by atoms with E-state index < -0.39 is 30.8 Å². The smallest absolute Gasteiger partial charge is 0.411 e. The summed E-state index contributed by atoms with van der Waals surface area (Å²) in [7, 11) is 0. The van der Waals surface area contributed by atoms with Gasteiger partial charge < -0.3 is 9.84 Å². The number of carboxylic acid groups (broad SMARTS) is 1. The van der Waals surface area contributed by atoms with Crippen LogP contribution in [-0.2, 0) is 9.53 Å².